The van der Waals surface area contributed by atoms with E-state index in [2.05, 4.69) is 20.9 Å². The summed E-state index contributed by atoms with van der Waals surface area (Å²) in [6, 6.07) is 7.99. The molecule has 2 rings (SSSR count). The average Bonchev–Trinajstić information content (AvgIpc) is 2.82. The van der Waals surface area contributed by atoms with Crippen molar-refractivity contribution >= 4 is 45.0 Å². The van der Waals surface area contributed by atoms with Crippen molar-refractivity contribution in [2.24, 2.45) is 0 Å². The highest BCUT2D eigenvalue weighted by molar-refractivity contribution is 9.10. The number of nitrogens with zero attached hydrogens (tertiary/aromatic N) is 1. The third-order valence-electron chi connectivity index (χ3n) is 2.61. The van der Waals surface area contributed by atoms with Crippen LogP contribution < -0.4 is 0 Å². The van der Waals surface area contributed by atoms with Crippen LogP contribution in [0.25, 0.3) is 0 Å². The summed E-state index contributed by atoms with van der Waals surface area (Å²) < 4.78 is 1.05. The van der Waals surface area contributed by atoms with Crippen LogP contribution in [-0.2, 0) is 12.2 Å². The Morgan fingerprint density at radius 3 is 2.85 bits per heavy atom. The summed E-state index contributed by atoms with van der Waals surface area (Å²) >= 11 is 6.45. The number of carbonyl (C=O) groups is 1. The van der Waals surface area contributed by atoms with Gasteiger partial charge in [-0.25, -0.2) is 9.78 Å². The van der Waals surface area contributed by atoms with Crippen LogP contribution in [0.15, 0.2) is 33.6 Å². The van der Waals surface area contributed by atoms with Gasteiger partial charge in [0, 0.05) is 9.37 Å². The molecule has 3 nitrogen and oxygen atoms in total. The Morgan fingerprint density at radius 2 is 2.20 bits per heavy atom. The van der Waals surface area contributed by atoms with Crippen LogP contribution in [0.1, 0.15) is 33.7 Å². The Kier molecular flexibility index (Phi) is 5.63. The monoisotopic (exact) mass is 371 g/mol. The number of benzene rings is 1. The fourth-order valence-electron chi connectivity index (χ4n) is 1.74. The van der Waals surface area contributed by atoms with E-state index in [0.29, 0.717) is 16.3 Å². The fraction of sp³-hybridized carbons (Fsp3) is 0.286. The molecule has 0 amide bonds. The standard InChI is InChI=1S/C14H14BrNO2S2/c1-2-5-10-13(14(17)18)20-12(16-10)8-19-11-7-4-3-6-9(11)15/h3-4,6-7H,2,5,8H2,1H3,(H,17,18). The number of hydrogen-bond acceptors (Lipinski definition) is 4. The molecule has 0 unspecified atom stereocenters. The van der Waals surface area contributed by atoms with Crippen LogP contribution in [0.3, 0.4) is 0 Å². The highest BCUT2D eigenvalue weighted by Crippen LogP contribution is 2.31. The third kappa shape index (κ3) is 3.84. The highest BCUT2D eigenvalue weighted by Gasteiger charge is 2.16. The summed E-state index contributed by atoms with van der Waals surface area (Å²) in [6.45, 7) is 2.03. The summed E-state index contributed by atoms with van der Waals surface area (Å²) in [7, 11) is 0. The number of aromatic nitrogens is 1. The van der Waals surface area contributed by atoms with E-state index in [1.54, 1.807) is 11.8 Å². The minimum absolute atomic E-state index is 0.384. The van der Waals surface area contributed by atoms with Crippen LogP contribution in [0, 0.1) is 0 Å². The van der Waals surface area contributed by atoms with Gasteiger partial charge in [-0.15, -0.1) is 23.1 Å². The summed E-state index contributed by atoms with van der Waals surface area (Å²) in [5.41, 5.74) is 0.715. The summed E-state index contributed by atoms with van der Waals surface area (Å²) in [6.07, 6.45) is 1.62. The SMILES string of the molecule is CCCc1nc(CSc2ccccc2Br)sc1C(=O)O. The predicted octanol–water partition coefficient (Wildman–Crippen LogP) is 4.85. The van der Waals surface area contributed by atoms with Gasteiger partial charge in [0.15, 0.2) is 0 Å². The van der Waals surface area contributed by atoms with E-state index in [-0.39, 0.29) is 0 Å². The van der Waals surface area contributed by atoms with Crippen molar-refractivity contribution in [3.8, 4) is 0 Å². The highest BCUT2D eigenvalue weighted by atomic mass is 79.9. The molecule has 106 valence electrons. The Bertz CT molecular complexity index is 613. The molecule has 0 atom stereocenters. The van der Waals surface area contributed by atoms with Crippen molar-refractivity contribution in [2.75, 3.05) is 0 Å². The smallest absolute Gasteiger partial charge is 0.347 e. The minimum atomic E-state index is -0.872. The zero-order chi connectivity index (χ0) is 14.5. The first-order valence-electron chi connectivity index (χ1n) is 6.21. The van der Waals surface area contributed by atoms with Crippen LogP contribution >= 0.6 is 39.0 Å². The molecule has 0 aliphatic carbocycles. The van der Waals surface area contributed by atoms with Gasteiger partial charge in [-0.05, 0) is 34.5 Å². The van der Waals surface area contributed by atoms with Crippen molar-refractivity contribution in [1.29, 1.82) is 0 Å². The van der Waals surface area contributed by atoms with E-state index in [1.807, 2.05) is 31.2 Å². The van der Waals surface area contributed by atoms with Gasteiger partial charge < -0.3 is 5.11 Å². The molecule has 1 aromatic carbocycles. The second-order valence-corrected chi connectivity index (χ2v) is 7.11. The lowest BCUT2D eigenvalue weighted by Gasteiger charge is -2.01. The molecule has 1 heterocycles. The lowest BCUT2D eigenvalue weighted by molar-refractivity contribution is 0.0700. The Balaban J connectivity index is 2.12. The van der Waals surface area contributed by atoms with E-state index < -0.39 is 5.97 Å². The van der Waals surface area contributed by atoms with E-state index in [1.165, 1.54) is 11.3 Å². The molecule has 1 N–H and O–H groups in total. The molecular weight excluding hydrogens is 358 g/mol. The third-order valence-corrected chi connectivity index (χ3v) is 5.92. The number of halogens is 1. The molecule has 0 fully saturated rings. The van der Waals surface area contributed by atoms with Gasteiger partial charge in [0.25, 0.3) is 0 Å². The lowest BCUT2D eigenvalue weighted by Crippen LogP contribution is -1.98. The number of thiazole rings is 1. The first-order chi connectivity index (χ1) is 9.61. The van der Waals surface area contributed by atoms with Crippen LogP contribution in [0.5, 0.6) is 0 Å². The molecule has 0 bridgehead atoms. The van der Waals surface area contributed by atoms with Crippen molar-refractivity contribution in [3.63, 3.8) is 0 Å². The molecule has 6 heteroatoms. The topological polar surface area (TPSA) is 50.2 Å². The van der Waals surface area contributed by atoms with Crippen molar-refractivity contribution in [3.05, 3.63) is 44.3 Å². The summed E-state index contributed by atoms with van der Waals surface area (Å²) in [5, 5.41) is 10.1. The molecule has 1 aromatic heterocycles. The van der Waals surface area contributed by atoms with E-state index >= 15 is 0 Å². The Morgan fingerprint density at radius 1 is 1.45 bits per heavy atom. The normalized spacial score (nSPS) is 10.7. The van der Waals surface area contributed by atoms with Gasteiger partial charge in [0.1, 0.15) is 9.88 Å². The van der Waals surface area contributed by atoms with Crippen LogP contribution in [0.4, 0.5) is 0 Å². The van der Waals surface area contributed by atoms with E-state index in [9.17, 15) is 9.90 Å². The molecule has 0 saturated carbocycles. The molecule has 20 heavy (non-hydrogen) atoms. The van der Waals surface area contributed by atoms with E-state index in [0.717, 1.165) is 27.2 Å². The van der Waals surface area contributed by atoms with Crippen molar-refractivity contribution < 1.29 is 9.90 Å². The Labute approximate surface area is 134 Å². The van der Waals surface area contributed by atoms with Crippen molar-refractivity contribution in [2.45, 2.75) is 30.4 Å². The first kappa shape index (κ1) is 15.5. The van der Waals surface area contributed by atoms with Gasteiger partial charge >= 0.3 is 5.97 Å². The first-order valence-corrected chi connectivity index (χ1v) is 8.80. The van der Waals surface area contributed by atoms with Crippen molar-refractivity contribution in [1.82, 2.24) is 4.98 Å². The van der Waals surface area contributed by atoms with E-state index in [4.69, 9.17) is 0 Å². The largest absolute Gasteiger partial charge is 0.477 e. The van der Waals surface area contributed by atoms with Gasteiger partial charge in [-0.3, -0.25) is 0 Å². The zero-order valence-electron chi connectivity index (χ0n) is 10.9. The molecule has 0 aliphatic rings. The number of rotatable bonds is 6. The van der Waals surface area contributed by atoms with Gasteiger partial charge in [-0.1, -0.05) is 25.5 Å². The number of aryl methyl sites for hydroxylation is 1. The molecule has 0 saturated heterocycles. The van der Waals surface area contributed by atoms with Crippen LogP contribution in [-0.4, -0.2) is 16.1 Å². The Hall–Kier alpha value is -0.850. The number of hydrogen-bond donors (Lipinski definition) is 1. The molecule has 2 aromatic rings. The summed E-state index contributed by atoms with van der Waals surface area (Å²) in [5.74, 6) is -0.180. The molecule has 0 radical (unpaired) electrons. The van der Waals surface area contributed by atoms with Gasteiger partial charge in [0.05, 0.1) is 11.4 Å². The maximum Gasteiger partial charge on any atom is 0.347 e. The van der Waals surface area contributed by atoms with Gasteiger partial charge in [0.2, 0.25) is 0 Å². The molecule has 0 spiro atoms. The fourth-order valence-corrected chi connectivity index (χ4v) is 4.25. The van der Waals surface area contributed by atoms with Crippen LogP contribution in [0.2, 0.25) is 0 Å². The lowest BCUT2D eigenvalue weighted by atomic mass is 10.2. The second kappa shape index (κ2) is 7.24. The minimum Gasteiger partial charge on any atom is -0.477 e. The number of carboxylic acid groups (broad SMARTS) is 1. The average molecular weight is 372 g/mol. The maximum atomic E-state index is 11.2. The number of carboxylic acids is 1. The maximum absolute atomic E-state index is 11.2. The zero-order valence-corrected chi connectivity index (χ0v) is 14.1. The molecule has 0 aliphatic heterocycles. The number of aromatic carboxylic acids is 1. The molecular formula is C14H14BrNO2S2. The predicted molar refractivity (Wildman–Crippen MR) is 86.8 cm³/mol. The second-order valence-electron chi connectivity index (χ2n) is 4.16. The van der Waals surface area contributed by atoms with Gasteiger partial charge in [-0.2, -0.15) is 0 Å². The quantitative estimate of drug-likeness (QED) is 0.737. The number of thioether (sulfide) groups is 1. The summed E-state index contributed by atoms with van der Waals surface area (Å²) in [4.78, 5) is 17.2.